The number of hydrogen-bond acceptors (Lipinski definition) is 8. The molecule has 0 saturated carbocycles. The number of allylic oxidation sites excluding steroid dienone is 1. The van der Waals surface area contributed by atoms with Crippen LogP contribution in [-0.2, 0) is 26.9 Å². The van der Waals surface area contributed by atoms with Gasteiger partial charge in [0.2, 0.25) is 5.95 Å². The van der Waals surface area contributed by atoms with Gasteiger partial charge in [0.25, 0.3) is 0 Å². The summed E-state index contributed by atoms with van der Waals surface area (Å²) in [6.45, 7) is 3.97. The monoisotopic (exact) mass is 626 g/mol. The maximum absolute atomic E-state index is 13.6. The number of carboxylic acid groups (broad SMARTS) is 1. The summed E-state index contributed by atoms with van der Waals surface area (Å²) in [5.41, 5.74) is 0.740. The number of fused-ring (bicyclic) bond motifs is 1. The summed E-state index contributed by atoms with van der Waals surface area (Å²) in [6.07, 6.45) is -0.542. The zero-order valence-corrected chi connectivity index (χ0v) is 25.1. The van der Waals surface area contributed by atoms with Crippen LogP contribution in [0.5, 0.6) is 0 Å². The molecule has 0 amide bonds. The summed E-state index contributed by atoms with van der Waals surface area (Å²) in [4.78, 5) is 36.3. The number of esters is 1. The minimum absolute atomic E-state index is 0.0276. The highest BCUT2D eigenvalue weighted by Gasteiger charge is 2.41. The molecule has 45 heavy (non-hydrogen) atoms. The van der Waals surface area contributed by atoms with E-state index in [1.54, 1.807) is 25.1 Å². The Bertz CT molecular complexity index is 1700. The Labute approximate surface area is 257 Å². The van der Waals surface area contributed by atoms with Crippen molar-refractivity contribution < 1.29 is 37.1 Å². The van der Waals surface area contributed by atoms with E-state index in [9.17, 15) is 28.0 Å². The number of nitrogens with zero attached hydrogens (tertiary/aromatic N) is 5. The van der Waals surface area contributed by atoms with Crippen molar-refractivity contribution in [2.24, 2.45) is 0 Å². The van der Waals surface area contributed by atoms with Crippen LogP contribution in [0.15, 0.2) is 58.5 Å². The van der Waals surface area contributed by atoms with Crippen LogP contribution in [0, 0.1) is 11.3 Å². The van der Waals surface area contributed by atoms with E-state index < -0.39 is 35.9 Å². The van der Waals surface area contributed by atoms with E-state index in [2.05, 4.69) is 23.3 Å². The highest BCUT2D eigenvalue weighted by molar-refractivity contribution is 5.93. The molecule has 1 aromatic heterocycles. The molecule has 11 nitrogen and oxygen atoms in total. The van der Waals surface area contributed by atoms with Gasteiger partial charge in [-0.3, -0.25) is 4.90 Å². The molecule has 1 fully saturated rings. The maximum Gasteiger partial charge on any atom is 0.416 e. The van der Waals surface area contributed by atoms with E-state index in [1.165, 1.54) is 35.1 Å². The Balaban J connectivity index is 0.00000148. The van der Waals surface area contributed by atoms with E-state index in [-0.39, 0.29) is 22.9 Å². The third-order valence-corrected chi connectivity index (χ3v) is 8.36. The van der Waals surface area contributed by atoms with Gasteiger partial charge in [-0.1, -0.05) is 12.1 Å². The van der Waals surface area contributed by atoms with Crippen molar-refractivity contribution in [2.75, 3.05) is 38.7 Å². The number of likely N-dealkylation sites (tertiary alicyclic amines) is 1. The van der Waals surface area contributed by atoms with Crippen LogP contribution in [0.3, 0.4) is 0 Å². The molecule has 14 heteroatoms. The third kappa shape index (κ3) is 6.78. The molecule has 3 heterocycles. The zero-order chi connectivity index (χ0) is 32.9. The maximum atomic E-state index is 13.6. The van der Waals surface area contributed by atoms with Gasteiger partial charge in [-0.05, 0) is 67.6 Å². The average molecular weight is 627 g/mol. The summed E-state index contributed by atoms with van der Waals surface area (Å²) in [6, 6.07) is 10.9. The second-order valence-corrected chi connectivity index (χ2v) is 11.2. The third-order valence-electron chi connectivity index (χ3n) is 8.36. The number of aromatic amines is 1. The average Bonchev–Trinajstić information content (AvgIpc) is 3.40. The van der Waals surface area contributed by atoms with Crippen molar-refractivity contribution in [3.05, 3.63) is 86.5 Å². The van der Waals surface area contributed by atoms with Crippen molar-refractivity contribution in [1.82, 2.24) is 14.8 Å². The van der Waals surface area contributed by atoms with Gasteiger partial charge in [0, 0.05) is 24.3 Å². The zero-order valence-electron chi connectivity index (χ0n) is 25.1. The Morgan fingerprint density at radius 2 is 1.91 bits per heavy atom. The smallest absolute Gasteiger partial charge is 0.416 e. The summed E-state index contributed by atoms with van der Waals surface area (Å²) in [5, 5.41) is 24.5. The predicted octanol–water partition coefficient (Wildman–Crippen LogP) is 3.19. The van der Waals surface area contributed by atoms with E-state index in [1.807, 2.05) is 0 Å². The van der Waals surface area contributed by atoms with Gasteiger partial charge in [-0.2, -0.15) is 18.4 Å². The number of hydrogen-bond donors (Lipinski definition) is 1. The molecule has 2 aliphatic rings. The lowest BCUT2D eigenvalue weighted by Crippen LogP contribution is -2.49. The van der Waals surface area contributed by atoms with Crippen molar-refractivity contribution >= 4 is 24.1 Å². The number of carbonyl (C=O) groups is 2. The van der Waals surface area contributed by atoms with Crippen LogP contribution in [0.2, 0.25) is 0 Å². The number of alkyl halides is 3. The second kappa shape index (κ2) is 13.4. The van der Waals surface area contributed by atoms with Crippen LogP contribution >= 0.6 is 0 Å². The standard InChI is InChI=1S/C30H31F3N6O3.CH2O2/c1-19-25(27(40)42-3)26(24-11-10-20(18-34)16-21(24)12-15-39(2)13-5-4-6-14-39)38-28(35-36-29(38)41)37(19)23-9-7-8-22(17-23)30(31,32)33;2-1-3/h7-11,16-17,26H,4-6,12-15H2,1-3H3;1H,(H,2,3)/t26-;/m1./s1. The van der Waals surface area contributed by atoms with Gasteiger partial charge in [-0.25, -0.2) is 19.3 Å². The molecule has 5 rings (SSSR count). The highest BCUT2D eigenvalue weighted by atomic mass is 19.4. The molecule has 2 aromatic carbocycles. The number of benzene rings is 2. The molecule has 0 spiro atoms. The fraction of sp³-hybridized carbons (Fsp3) is 0.387. The number of nitrogens with one attached hydrogen (secondary N) is 1. The lowest BCUT2D eigenvalue weighted by Gasteiger charge is -2.38. The van der Waals surface area contributed by atoms with Gasteiger partial charge >= 0.3 is 17.8 Å². The quantitative estimate of drug-likeness (QED) is 0.250. The molecule has 0 unspecified atom stereocenters. The molecule has 1 atom stereocenters. The highest BCUT2D eigenvalue weighted by Crippen LogP contribution is 2.43. The number of nitriles is 1. The number of ether oxygens (including phenoxy) is 1. The largest absolute Gasteiger partial charge is 0.554 e. The van der Waals surface area contributed by atoms with E-state index >= 15 is 0 Å². The van der Waals surface area contributed by atoms with E-state index in [0.717, 1.165) is 54.7 Å². The molecule has 1 saturated heterocycles. The molecule has 238 valence electrons. The van der Waals surface area contributed by atoms with Crippen LogP contribution < -0.4 is 15.7 Å². The number of rotatable bonds is 6. The molecule has 3 aromatic rings. The minimum Gasteiger partial charge on any atom is -0.554 e. The number of likely N-dealkylation sites (N-methyl/N-ethyl adjacent to an activating group) is 1. The number of piperidine rings is 1. The first-order valence-electron chi connectivity index (χ1n) is 14.2. The molecule has 0 bridgehead atoms. The number of quaternary nitrogens is 1. The van der Waals surface area contributed by atoms with E-state index in [0.29, 0.717) is 17.5 Å². The lowest BCUT2D eigenvalue weighted by atomic mass is 9.88. The van der Waals surface area contributed by atoms with Gasteiger partial charge in [0.05, 0.1) is 56.6 Å². The number of methoxy groups -OCH3 is 1. The SMILES string of the molecule is COC(=O)C1=C(C)N(c2cccc(C(F)(F)F)c2)c2n[nH]c(=O)n2[C@@H]1c1ccc(C#N)cc1CC[N+]1(C)CCCCC1.O=C[O-]. The molecule has 0 aliphatic carbocycles. The fourth-order valence-corrected chi connectivity index (χ4v) is 6.13. The lowest BCUT2D eigenvalue weighted by molar-refractivity contribution is -0.913. The molecular formula is C31H33F3N6O5. The van der Waals surface area contributed by atoms with Crippen LogP contribution in [0.1, 0.15) is 54.5 Å². The first kappa shape index (κ1) is 33.0. The first-order chi connectivity index (χ1) is 21.4. The molecule has 1 N–H and O–H groups in total. The summed E-state index contributed by atoms with van der Waals surface area (Å²) < 4.78 is 48.1. The van der Waals surface area contributed by atoms with Gasteiger partial charge < -0.3 is 19.1 Å². The normalized spacial score (nSPS) is 17.4. The van der Waals surface area contributed by atoms with Crippen molar-refractivity contribution in [3.8, 4) is 6.07 Å². The number of carbonyl (C=O) groups excluding carboxylic acids is 2. The first-order valence-corrected chi connectivity index (χ1v) is 14.2. The predicted molar refractivity (Wildman–Crippen MR) is 155 cm³/mol. The summed E-state index contributed by atoms with van der Waals surface area (Å²) >= 11 is 0. The van der Waals surface area contributed by atoms with Crippen LogP contribution in [0.25, 0.3) is 0 Å². The molecular weight excluding hydrogens is 593 g/mol. The van der Waals surface area contributed by atoms with Crippen molar-refractivity contribution in [2.45, 2.75) is 44.8 Å². The minimum atomic E-state index is -4.60. The number of H-pyrrole nitrogens is 1. The van der Waals surface area contributed by atoms with Crippen molar-refractivity contribution in [3.63, 3.8) is 0 Å². The van der Waals surface area contributed by atoms with Gasteiger partial charge in [-0.15, -0.1) is 5.10 Å². The van der Waals surface area contributed by atoms with Crippen molar-refractivity contribution in [1.29, 1.82) is 5.26 Å². The summed E-state index contributed by atoms with van der Waals surface area (Å²) in [7, 11) is 3.42. The van der Waals surface area contributed by atoms with Gasteiger partial charge in [0.15, 0.2) is 0 Å². The second-order valence-electron chi connectivity index (χ2n) is 11.2. The van der Waals surface area contributed by atoms with E-state index in [4.69, 9.17) is 14.6 Å². The number of anilines is 2. The molecule has 0 radical (unpaired) electrons. The Kier molecular flexibility index (Phi) is 9.82. The van der Waals surface area contributed by atoms with Gasteiger partial charge in [0.1, 0.15) is 6.04 Å². The number of aromatic nitrogens is 3. The topological polar surface area (TPSA) is 144 Å². The Morgan fingerprint density at radius 3 is 2.53 bits per heavy atom. The van der Waals surface area contributed by atoms with Crippen LogP contribution in [-0.4, -0.2) is 65.5 Å². The Morgan fingerprint density at radius 1 is 1.22 bits per heavy atom. The summed E-state index contributed by atoms with van der Waals surface area (Å²) in [5.74, 6) is -0.710. The fourth-order valence-electron chi connectivity index (χ4n) is 6.13. The Hall–Kier alpha value is -4.90. The molecule has 2 aliphatic heterocycles. The van der Waals surface area contributed by atoms with Crippen LogP contribution in [0.4, 0.5) is 24.8 Å². The number of halogens is 3.